The first-order valence-electron chi connectivity index (χ1n) is 6.26. The van der Waals surface area contributed by atoms with Crippen molar-refractivity contribution in [2.75, 3.05) is 0 Å². The molecule has 0 bridgehead atoms. The molecule has 0 fully saturated rings. The van der Waals surface area contributed by atoms with Crippen molar-refractivity contribution in [3.8, 4) is 17.6 Å². The maximum Gasteiger partial charge on any atom is 0.312 e. The Morgan fingerprint density at radius 3 is 2.64 bits per heavy atom. The second-order valence-corrected chi connectivity index (χ2v) is 4.54. The lowest BCUT2D eigenvalue weighted by Crippen LogP contribution is -1.99. The lowest BCUT2D eigenvalue weighted by atomic mass is 10.1. The van der Waals surface area contributed by atoms with E-state index in [1.165, 1.54) is 18.2 Å². The van der Waals surface area contributed by atoms with Gasteiger partial charge in [-0.3, -0.25) is 19.9 Å². The van der Waals surface area contributed by atoms with Crippen molar-refractivity contribution in [2.24, 2.45) is 0 Å². The molecule has 0 unspecified atom stereocenters. The first-order chi connectivity index (χ1) is 10.5. The van der Waals surface area contributed by atoms with Crippen LogP contribution in [0.25, 0.3) is 0 Å². The first-order valence-corrected chi connectivity index (χ1v) is 6.26. The highest BCUT2D eigenvalue weighted by Gasteiger charge is 2.19. The van der Waals surface area contributed by atoms with E-state index in [2.05, 4.69) is 4.98 Å². The van der Waals surface area contributed by atoms with Crippen LogP contribution in [-0.4, -0.2) is 16.2 Å². The third-order valence-electron chi connectivity index (χ3n) is 2.94. The number of benzene rings is 1. The fraction of sp³-hybridized carbons (Fsp3) is 0.133. The minimum absolute atomic E-state index is 0.0444. The van der Waals surface area contributed by atoms with Gasteiger partial charge in [0.25, 0.3) is 0 Å². The van der Waals surface area contributed by atoms with Crippen LogP contribution in [0.5, 0.6) is 11.5 Å². The molecule has 1 aromatic carbocycles. The molecule has 0 spiro atoms. The normalized spacial score (nSPS) is 9.86. The van der Waals surface area contributed by atoms with E-state index >= 15 is 0 Å². The van der Waals surface area contributed by atoms with Gasteiger partial charge in [-0.05, 0) is 26.0 Å². The van der Waals surface area contributed by atoms with Crippen molar-refractivity contribution in [1.29, 1.82) is 5.26 Å². The molecule has 0 amide bonds. The molecule has 0 saturated heterocycles. The standard InChI is InChI=1S/C15H11N3O4/c1-9-5-15(12(7-16)10(2)17-9)22-14-4-3-11(8-19)6-13(14)18(20)21/h3-6,8H,1-2H3. The average molecular weight is 297 g/mol. The Morgan fingerprint density at radius 1 is 1.32 bits per heavy atom. The summed E-state index contributed by atoms with van der Waals surface area (Å²) in [5.74, 6) is 0.145. The Kier molecular flexibility index (Phi) is 4.13. The van der Waals surface area contributed by atoms with Gasteiger partial charge in [-0.1, -0.05) is 0 Å². The molecule has 2 rings (SSSR count). The highest BCUT2D eigenvalue weighted by Crippen LogP contribution is 2.34. The van der Waals surface area contributed by atoms with Crippen LogP contribution in [0.15, 0.2) is 24.3 Å². The van der Waals surface area contributed by atoms with E-state index in [-0.39, 0.29) is 28.3 Å². The Hall–Kier alpha value is -3.27. The van der Waals surface area contributed by atoms with Crippen molar-refractivity contribution >= 4 is 12.0 Å². The van der Waals surface area contributed by atoms with Crippen molar-refractivity contribution in [2.45, 2.75) is 13.8 Å². The van der Waals surface area contributed by atoms with Gasteiger partial charge in [0.2, 0.25) is 5.75 Å². The Labute approximate surface area is 125 Å². The van der Waals surface area contributed by atoms with Gasteiger partial charge < -0.3 is 4.74 Å². The predicted molar refractivity (Wildman–Crippen MR) is 77.0 cm³/mol. The molecule has 0 radical (unpaired) electrons. The Morgan fingerprint density at radius 2 is 2.05 bits per heavy atom. The summed E-state index contributed by atoms with van der Waals surface area (Å²) in [6.07, 6.45) is 0.512. The van der Waals surface area contributed by atoms with Crippen LogP contribution in [0.3, 0.4) is 0 Å². The van der Waals surface area contributed by atoms with E-state index in [1.54, 1.807) is 13.8 Å². The molecule has 0 N–H and O–H groups in total. The number of carbonyl (C=O) groups is 1. The number of rotatable bonds is 4. The van der Waals surface area contributed by atoms with Gasteiger partial charge in [0, 0.05) is 23.4 Å². The average Bonchev–Trinajstić information content (AvgIpc) is 2.47. The molecule has 2 aromatic rings. The molecule has 0 saturated carbocycles. The van der Waals surface area contributed by atoms with E-state index < -0.39 is 4.92 Å². The highest BCUT2D eigenvalue weighted by molar-refractivity contribution is 5.77. The summed E-state index contributed by atoms with van der Waals surface area (Å²) in [6.45, 7) is 3.38. The number of nitro benzene ring substituents is 1. The largest absolute Gasteiger partial charge is 0.449 e. The SMILES string of the molecule is Cc1cc(Oc2ccc(C=O)cc2[N+](=O)[O-])c(C#N)c(C)n1. The summed E-state index contributed by atoms with van der Waals surface area (Å²) < 4.78 is 5.53. The Bertz CT molecular complexity index is 809. The second-order valence-electron chi connectivity index (χ2n) is 4.54. The van der Waals surface area contributed by atoms with Gasteiger partial charge in [0.1, 0.15) is 23.7 Å². The van der Waals surface area contributed by atoms with E-state index in [0.717, 1.165) is 6.07 Å². The zero-order valence-electron chi connectivity index (χ0n) is 11.9. The zero-order chi connectivity index (χ0) is 16.3. The van der Waals surface area contributed by atoms with Gasteiger partial charge in [0.05, 0.1) is 10.6 Å². The van der Waals surface area contributed by atoms with Crippen LogP contribution in [0.4, 0.5) is 5.69 Å². The molecule has 0 aliphatic rings. The summed E-state index contributed by atoms with van der Waals surface area (Å²) in [5.41, 5.74) is 1.13. The number of aromatic nitrogens is 1. The number of carbonyl (C=O) groups excluding carboxylic acids is 1. The molecule has 1 aromatic heterocycles. The van der Waals surface area contributed by atoms with Gasteiger partial charge in [-0.15, -0.1) is 0 Å². The number of aldehydes is 1. The summed E-state index contributed by atoms with van der Waals surface area (Å²) in [7, 11) is 0. The maximum absolute atomic E-state index is 11.1. The fourth-order valence-corrected chi connectivity index (χ4v) is 1.96. The minimum Gasteiger partial charge on any atom is -0.449 e. The van der Waals surface area contributed by atoms with E-state index in [4.69, 9.17) is 4.74 Å². The smallest absolute Gasteiger partial charge is 0.312 e. The number of pyridine rings is 1. The minimum atomic E-state index is -0.644. The number of hydrogen-bond acceptors (Lipinski definition) is 6. The van der Waals surface area contributed by atoms with Crippen molar-refractivity contribution in [3.05, 3.63) is 56.9 Å². The van der Waals surface area contributed by atoms with E-state index in [9.17, 15) is 20.2 Å². The van der Waals surface area contributed by atoms with Crippen molar-refractivity contribution in [1.82, 2.24) is 4.98 Å². The van der Waals surface area contributed by atoms with Crippen molar-refractivity contribution in [3.63, 3.8) is 0 Å². The number of nitriles is 1. The molecule has 0 aliphatic heterocycles. The quantitative estimate of drug-likeness (QED) is 0.487. The number of nitro groups is 1. The molecule has 110 valence electrons. The van der Waals surface area contributed by atoms with E-state index in [1.807, 2.05) is 6.07 Å². The van der Waals surface area contributed by atoms with Crippen molar-refractivity contribution < 1.29 is 14.5 Å². The third kappa shape index (κ3) is 2.91. The molecule has 7 heteroatoms. The monoisotopic (exact) mass is 297 g/mol. The van der Waals surface area contributed by atoms with Crippen LogP contribution < -0.4 is 4.74 Å². The van der Waals surface area contributed by atoms with Crippen LogP contribution in [0, 0.1) is 35.3 Å². The third-order valence-corrected chi connectivity index (χ3v) is 2.94. The molecule has 7 nitrogen and oxygen atoms in total. The number of nitrogens with zero attached hydrogens (tertiary/aromatic N) is 3. The second kappa shape index (κ2) is 6.01. The summed E-state index contributed by atoms with van der Waals surface area (Å²) in [4.78, 5) is 25.3. The molecular weight excluding hydrogens is 286 g/mol. The van der Waals surface area contributed by atoms with Crippen LogP contribution >= 0.6 is 0 Å². The topological polar surface area (TPSA) is 106 Å². The van der Waals surface area contributed by atoms with Gasteiger partial charge in [-0.2, -0.15) is 5.26 Å². The maximum atomic E-state index is 11.1. The molecule has 0 atom stereocenters. The zero-order valence-corrected chi connectivity index (χ0v) is 11.9. The Balaban J connectivity index is 2.54. The predicted octanol–water partition coefficient (Wildman–Crippen LogP) is 3.08. The van der Waals surface area contributed by atoms with Crippen LogP contribution in [-0.2, 0) is 0 Å². The summed E-state index contributed by atoms with van der Waals surface area (Å²) in [6, 6.07) is 7.35. The number of aryl methyl sites for hydroxylation is 2. The fourth-order valence-electron chi connectivity index (χ4n) is 1.96. The molecular formula is C15H11N3O4. The molecule has 22 heavy (non-hydrogen) atoms. The number of ether oxygens (including phenoxy) is 1. The lowest BCUT2D eigenvalue weighted by molar-refractivity contribution is -0.385. The molecule has 0 aliphatic carbocycles. The lowest BCUT2D eigenvalue weighted by Gasteiger charge is -2.10. The molecule has 1 heterocycles. The van der Waals surface area contributed by atoms with Gasteiger partial charge in [0.15, 0.2) is 0 Å². The van der Waals surface area contributed by atoms with Gasteiger partial charge >= 0.3 is 5.69 Å². The highest BCUT2D eigenvalue weighted by atomic mass is 16.6. The van der Waals surface area contributed by atoms with Gasteiger partial charge in [-0.25, -0.2) is 0 Å². The number of hydrogen-bond donors (Lipinski definition) is 0. The van der Waals surface area contributed by atoms with Crippen LogP contribution in [0.2, 0.25) is 0 Å². The van der Waals surface area contributed by atoms with E-state index in [0.29, 0.717) is 17.7 Å². The summed E-state index contributed by atoms with van der Waals surface area (Å²) in [5, 5.41) is 20.3. The van der Waals surface area contributed by atoms with Crippen LogP contribution in [0.1, 0.15) is 27.3 Å². The summed E-state index contributed by atoms with van der Waals surface area (Å²) >= 11 is 0. The first kappa shape index (κ1) is 15.1.